The van der Waals surface area contributed by atoms with E-state index in [4.69, 9.17) is 10.1 Å². The third-order valence-electron chi connectivity index (χ3n) is 5.18. The Labute approximate surface area is 132 Å². The van der Waals surface area contributed by atoms with E-state index in [9.17, 15) is 13.6 Å². The smallest absolute Gasteiger partial charge is 0.420 e. The van der Waals surface area contributed by atoms with E-state index in [1.54, 1.807) is 0 Å². The average Bonchev–Trinajstić information content (AvgIpc) is 2.49. The standard InChI is InChI=1S/C16H17F2N3O2/c17-11-1-2-13(12(18)7-11)21-14(19)8-16(23-15(21)22)9-20-5-3-10(16)4-6-20/h1-2,7,10,19H,3-6,8-9H2. The van der Waals surface area contributed by atoms with Crippen molar-refractivity contribution in [3.05, 3.63) is 29.8 Å². The van der Waals surface area contributed by atoms with Crippen molar-refractivity contribution < 1.29 is 18.3 Å². The van der Waals surface area contributed by atoms with Crippen molar-refractivity contribution in [3.8, 4) is 0 Å². The first-order chi connectivity index (χ1) is 11.0. The van der Waals surface area contributed by atoms with Gasteiger partial charge in [-0.15, -0.1) is 0 Å². The molecule has 1 spiro atoms. The quantitative estimate of drug-likeness (QED) is 0.865. The predicted molar refractivity (Wildman–Crippen MR) is 79.6 cm³/mol. The van der Waals surface area contributed by atoms with E-state index in [2.05, 4.69) is 4.90 Å². The molecule has 4 fully saturated rings. The number of amides is 1. The van der Waals surface area contributed by atoms with Crippen molar-refractivity contribution in [2.24, 2.45) is 5.92 Å². The number of ether oxygens (including phenoxy) is 1. The molecule has 4 heterocycles. The molecule has 5 nitrogen and oxygen atoms in total. The van der Waals surface area contributed by atoms with E-state index in [0.717, 1.165) is 43.0 Å². The zero-order chi connectivity index (χ0) is 16.2. The Hall–Kier alpha value is -2.02. The molecule has 1 N–H and O–H groups in total. The van der Waals surface area contributed by atoms with Gasteiger partial charge in [0.05, 0.1) is 5.69 Å². The first-order valence-corrected chi connectivity index (χ1v) is 7.76. The van der Waals surface area contributed by atoms with Gasteiger partial charge in [0.25, 0.3) is 0 Å². The zero-order valence-corrected chi connectivity index (χ0v) is 12.5. The lowest BCUT2D eigenvalue weighted by atomic mass is 9.72. The van der Waals surface area contributed by atoms with Crippen LogP contribution in [0.4, 0.5) is 19.3 Å². The number of anilines is 1. The van der Waals surface area contributed by atoms with Crippen LogP contribution < -0.4 is 4.90 Å². The molecule has 7 heteroatoms. The minimum atomic E-state index is -0.878. The van der Waals surface area contributed by atoms with Gasteiger partial charge in [-0.25, -0.2) is 18.5 Å². The van der Waals surface area contributed by atoms with Gasteiger partial charge >= 0.3 is 6.09 Å². The van der Waals surface area contributed by atoms with Crippen molar-refractivity contribution in [2.45, 2.75) is 24.9 Å². The fourth-order valence-corrected chi connectivity index (χ4v) is 4.08. The fraction of sp³-hybridized carbons (Fsp3) is 0.500. The van der Waals surface area contributed by atoms with Gasteiger partial charge in [0.15, 0.2) is 0 Å². The monoisotopic (exact) mass is 321 g/mol. The highest BCUT2D eigenvalue weighted by Crippen LogP contribution is 2.44. The van der Waals surface area contributed by atoms with E-state index in [1.807, 2.05) is 0 Å². The average molecular weight is 321 g/mol. The number of piperidine rings is 3. The van der Waals surface area contributed by atoms with E-state index in [-0.39, 0.29) is 23.9 Å². The van der Waals surface area contributed by atoms with E-state index < -0.39 is 23.3 Å². The summed E-state index contributed by atoms with van der Waals surface area (Å²) in [6, 6.07) is 2.93. The SMILES string of the molecule is N=C1CC2(CN3CCC2CC3)OC(=O)N1c1ccc(F)cc1F. The lowest BCUT2D eigenvalue weighted by molar-refractivity contribution is -0.113. The molecule has 1 unspecified atom stereocenters. The van der Waals surface area contributed by atoms with Crippen LogP contribution in [0.1, 0.15) is 19.3 Å². The van der Waals surface area contributed by atoms with Crippen molar-refractivity contribution in [3.63, 3.8) is 0 Å². The topological polar surface area (TPSA) is 56.6 Å². The largest absolute Gasteiger partial charge is 0.440 e. The summed E-state index contributed by atoms with van der Waals surface area (Å²) in [5.74, 6) is -1.36. The molecular weight excluding hydrogens is 304 g/mol. The van der Waals surface area contributed by atoms with Crippen LogP contribution >= 0.6 is 0 Å². The Morgan fingerprint density at radius 3 is 2.57 bits per heavy atom. The van der Waals surface area contributed by atoms with E-state index in [0.29, 0.717) is 12.6 Å². The fourth-order valence-electron chi connectivity index (χ4n) is 4.08. The Morgan fingerprint density at radius 1 is 1.26 bits per heavy atom. The third-order valence-corrected chi connectivity index (χ3v) is 5.18. The van der Waals surface area contributed by atoms with Crippen LogP contribution in [0.3, 0.4) is 0 Å². The van der Waals surface area contributed by atoms with Crippen LogP contribution in [0.2, 0.25) is 0 Å². The number of carbonyl (C=O) groups excluding carboxylic acids is 1. The van der Waals surface area contributed by atoms with Crippen molar-refractivity contribution in [1.82, 2.24) is 4.90 Å². The summed E-state index contributed by atoms with van der Waals surface area (Å²) in [5.41, 5.74) is -0.810. The van der Waals surface area contributed by atoms with E-state index in [1.165, 1.54) is 0 Å². The molecule has 0 aliphatic carbocycles. The lowest BCUT2D eigenvalue weighted by Crippen LogP contribution is -2.66. The molecule has 4 aliphatic heterocycles. The molecule has 1 atom stereocenters. The number of fused-ring (bicyclic) bond motifs is 2. The predicted octanol–water partition coefficient (Wildman–Crippen LogP) is 2.75. The molecule has 2 bridgehead atoms. The van der Waals surface area contributed by atoms with Crippen molar-refractivity contribution >= 4 is 17.6 Å². The number of carbonyl (C=O) groups is 1. The molecule has 0 saturated carbocycles. The number of hydrogen-bond acceptors (Lipinski definition) is 4. The first kappa shape index (κ1) is 14.6. The molecule has 1 aromatic rings. The summed E-state index contributed by atoms with van der Waals surface area (Å²) in [6.45, 7) is 2.62. The number of nitrogens with zero attached hydrogens (tertiary/aromatic N) is 2. The maximum Gasteiger partial charge on any atom is 0.420 e. The first-order valence-electron chi connectivity index (χ1n) is 7.76. The highest BCUT2D eigenvalue weighted by molar-refractivity contribution is 6.15. The zero-order valence-electron chi connectivity index (χ0n) is 12.5. The number of hydrogen-bond donors (Lipinski definition) is 1. The minimum Gasteiger partial charge on any atom is -0.440 e. The van der Waals surface area contributed by atoms with Crippen LogP contribution in [0.15, 0.2) is 18.2 Å². The van der Waals surface area contributed by atoms with E-state index >= 15 is 0 Å². The molecule has 0 aromatic heterocycles. The molecule has 122 valence electrons. The van der Waals surface area contributed by atoms with Crippen LogP contribution in [0.25, 0.3) is 0 Å². The second-order valence-electron chi connectivity index (χ2n) is 6.54. The highest BCUT2D eigenvalue weighted by atomic mass is 19.1. The Balaban J connectivity index is 1.64. The maximum absolute atomic E-state index is 14.0. The molecule has 4 aliphatic rings. The van der Waals surface area contributed by atoms with Gasteiger partial charge in [-0.05, 0) is 38.1 Å². The second-order valence-corrected chi connectivity index (χ2v) is 6.54. The third kappa shape index (κ3) is 2.22. The lowest BCUT2D eigenvalue weighted by Gasteiger charge is -2.54. The minimum absolute atomic E-state index is 0.000471. The molecule has 5 rings (SSSR count). The summed E-state index contributed by atoms with van der Waals surface area (Å²) in [7, 11) is 0. The molecule has 1 aromatic carbocycles. The van der Waals surface area contributed by atoms with Gasteiger partial charge in [0.1, 0.15) is 23.1 Å². The Morgan fingerprint density at radius 2 is 2.00 bits per heavy atom. The highest BCUT2D eigenvalue weighted by Gasteiger charge is 2.54. The molecule has 4 saturated heterocycles. The summed E-state index contributed by atoms with van der Waals surface area (Å²) >= 11 is 0. The second kappa shape index (κ2) is 4.99. The molecular formula is C16H17F2N3O2. The van der Waals surface area contributed by atoms with Gasteiger partial charge in [-0.3, -0.25) is 10.3 Å². The molecule has 0 radical (unpaired) electrons. The Bertz CT molecular complexity index is 668. The molecule has 23 heavy (non-hydrogen) atoms. The van der Waals surface area contributed by atoms with Gasteiger partial charge in [0.2, 0.25) is 0 Å². The van der Waals surface area contributed by atoms with Gasteiger partial charge < -0.3 is 4.74 Å². The number of rotatable bonds is 1. The molecule has 1 amide bonds. The van der Waals surface area contributed by atoms with Crippen LogP contribution in [-0.4, -0.2) is 42.1 Å². The van der Waals surface area contributed by atoms with Crippen LogP contribution in [0, 0.1) is 23.0 Å². The van der Waals surface area contributed by atoms with Crippen LogP contribution in [0.5, 0.6) is 0 Å². The van der Waals surface area contributed by atoms with Gasteiger partial charge in [-0.1, -0.05) is 0 Å². The normalized spacial score (nSPS) is 33.2. The number of amidine groups is 1. The van der Waals surface area contributed by atoms with Crippen LogP contribution in [-0.2, 0) is 4.74 Å². The summed E-state index contributed by atoms with van der Waals surface area (Å²) in [5, 5.41) is 8.25. The number of benzene rings is 1. The maximum atomic E-state index is 14.0. The number of halogens is 2. The Kier molecular flexibility index (Phi) is 3.16. The number of nitrogens with one attached hydrogen (secondary N) is 1. The summed E-state index contributed by atoms with van der Waals surface area (Å²) < 4.78 is 32.7. The van der Waals surface area contributed by atoms with Gasteiger partial charge in [-0.2, -0.15) is 0 Å². The van der Waals surface area contributed by atoms with Crippen molar-refractivity contribution in [2.75, 3.05) is 24.5 Å². The summed E-state index contributed by atoms with van der Waals surface area (Å²) in [4.78, 5) is 15.6. The van der Waals surface area contributed by atoms with Crippen molar-refractivity contribution in [1.29, 1.82) is 5.41 Å². The summed E-state index contributed by atoms with van der Waals surface area (Å²) in [6.07, 6.45) is 1.41. The van der Waals surface area contributed by atoms with Gasteiger partial charge in [0, 0.05) is 24.9 Å².